The van der Waals surface area contributed by atoms with Crippen LogP contribution in [0.2, 0.25) is 0 Å². The van der Waals surface area contributed by atoms with Crippen LogP contribution >= 0.6 is 0 Å². The summed E-state index contributed by atoms with van der Waals surface area (Å²) in [6.45, 7) is 0.623. The minimum atomic E-state index is -5.18. The van der Waals surface area contributed by atoms with Crippen LogP contribution in [0.4, 0.5) is 13.2 Å². The van der Waals surface area contributed by atoms with Crippen LogP contribution in [-0.4, -0.2) is 43.4 Å². The van der Waals surface area contributed by atoms with E-state index in [1.165, 1.54) is 0 Å². The summed E-state index contributed by atoms with van der Waals surface area (Å²) in [6, 6.07) is -1.06. The molecule has 4 nitrogen and oxygen atoms in total. The lowest BCUT2D eigenvalue weighted by Crippen LogP contribution is -2.56. The van der Waals surface area contributed by atoms with Crippen molar-refractivity contribution >= 4 is 10.0 Å². The zero-order valence-corrected chi connectivity index (χ0v) is 8.61. The largest absolute Gasteiger partial charge is 0.511 e. The van der Waals surface area contributed by atoms with Crippen molar-refractivity contribution in [3.63, 3.8) is 0 Å². The number of piperazine rings is 1. The molecular formula is C7H11F3N2O2S. The summed E-state index contributed by atoms with van der Waals surface area (Å²) in [5, 5.41) is 2.93. The maximum absolute atomic E-state index is 12.3. The van der Waals surface area contributed by atoms with Gasteiger partial charge in [-0.25, -0.2) is 8.42 Å². The molecule has 2 atom stereocenters. The second-order valence-corrected chi connectivity index (χ2v) is 5.66. The third-order valence-electron chi connectivity index (χ3n) is 2.88. The Balaban J connectivity index is 2.32. The molecule has 8 heteroatoms. The molecule has 88 valence electrons. The molecule has 2 aliphatic heterocycles. The first-order chi connectivity index (χ1) is 6.84. The van der Waals surface area contributed by atoms with Crippen molar-refractivity contribution in [1.82, 2.24) is 9.62 Å². The van der Waals surface area contributed by atoms with E-state index in [4.69, 9.17) is 0 Å². The Labute approximate surface area is 85.5 Å². The van der Waals surface area contributed by atoms with Gasteiger partial charge in [0.25, 0.3) is 0 Å². The van der Waals surface area contributed by atoms with Crippen molar-refractivity contribution in [3.05, 3.63) is 0 Å². The topological polar surface area (TPSA) is 49.4 Å². The molecule has 2 bridgehead atoms. The van der Waals surface area contributed by atoms with E-state index in [1.54, 1.807) is 0 Å². The average molecular weight is 244 g/mol. The number of rotatable bonds is 1. The highest BCUT2D eigenvalue weighted by Gasteiger charge is 2.56. The molecular weight excluding hydrogens is 233 g/mol. The van der Waals surface area contributed by atoms with E-state index in [2.05, 4.69) is 5.32 Å². The van der Waals surface area contributed by atoms with Gasteiger partial charge in [0.15, 0.2) is 0 Å². The molecule has 0 aromatic carbocycles. The van der Waals surface area contributed by atoms with Crippen LogP contribution in [0.25, 0.3) is 0 Å². The minimum absolute atomic E-state index is 0.311. The molecule has 0 aromatic heterocycles. The van der Waals surface area contributed by atoms with Gasteiger partial charge < -0.3 is 5.32 Å². The first kappa shape index (κ1) is 11.2. The summed E-state index contributed by atoms with van der Waals surface area (Å²) in [6.07, 6.45) is 1.01. The molecule has 15 heavy (non-hydrogen) atoms. The van der Waals surface area contributed by atoms with E-state index in [1.807, 2.05) is 0 Å². The summed E-state index contributed by atoms with van der Waals surface area (Å²) in [5.41, 5.74) is -5.18. The van der Waals surface area contributed by atoms with Gasteiger partial charge in [0, 0.05) is 25.2 Å². The average Bonchev–Trinajstić information content (AvgIpc) is 2.36. The highest BCUT2D eigenvalue weighted by atomic mass is 32.2. The number of nitrogens with one attached hydrogen (secondary N) is 1. The molecule has 2 unspecified atom stereocenters. The Kier molecular flexibility index (Phi) is 2.47. The number of hydrogen-bond acceptors (Lipinski definition) is 3. The fraction of sp³-hybridized carbons (Fsp3) is 1.00. The molecule has 2 aliphatic rings. The quantitative estimate of drug-likeness (QED) is 0.720. The lowest BCUT2D eigenvalue weighted by molar-refractivity contribution is -0.0508. The Hall–Kier alpha value is -0.340. The minimum Gasteiger partial charge on any atom is -0.314 e. The monoisotopic (exact) mass is 244 g/mol. The number of sulfonamides is 1. The number of alkyl halides is 3. The van der Waals surface area contributed by atoms with E-state index in [9.17, 15) is 21.6 Å². The van der Waals surface area contributed by atoms with Crippen molar-refractivity contribution in [2.75, 3.05) is 13.1 Å². The van der Waals surface area contributed by atoms with Crippen molar-refractivity contribution < 1.29 is 21.6 Å². The Morgan fingerprint density at radius 2 is 1.60 bits per heavy atom. The predicted octanol–water partition coefficient (Wildman–Crippen LogP) is 0.272. The van der Waals surface area contributed by atoms with Crippen LogP contribution in [0.15, 0.2) is 0 Å². The molecule has 2 heterocycles. The number of fused-ring (bicyclic) bond motifs is 2. The zero-order chi connectivity index (χ0) is 11.3. The van der Waals surface area contributed by atoms with Gasteiger partial charge in [-0.05, 0) is 12.8 Å². The van der Waals surface area contributed by atoms with Crippen molar-refractivity contribution in [3.8, 4) is 0 Å². The standard InChI is InChI=1S/C7H11F3N2O2S/c8-7(9,10)15(13,14)12-5-1-2-6(12)4-11-3-5/h5-6,11H,1-4H2. The third-order valence-corrected chi connectivity index (χ3v) is 4.62. The van der Waals surface area contributed by atoms with Crippen LogP contribution in [-0.2, 0) is 10.0 Å². The van der Waals surface area contributed by atoms with Gasteiger partial charge in [-0.2, -0.15) is 17.5 Å². The molecule has 2 fully saturated rings. The Morgan fingerprint density at radius 3 is 2.00 bits per heavy atom. The van der Waals surface area contributed by atoms with E-state index < -0.39 is 27.6 Å². The first-order valence-corrected chi connectivity index (χ1v) is 6.08. The Morgan fingerprint density at radius 1 is 1.13 bits per heavy atom. The summed E-state index contributed by atoms with van der Waals surface area (Å²) >= 11 is 0. The first-order valence-electron chi connectivity index (χ1n) is 4.64. The maximum atomic E-state index is 12.3. The van der Waals surface area contributed by atoms with Crippen LogP contribution in [0, 0.1) is 0 Å². The maximum Gasteiger partial charge on any atom is 0.511 e. The van der Waals surface area contributed by atoms with Crippen molar-refractivity contribution in [2.45, 2.75) is 30.4 Å². The normalized spacial score (nSPS) is 33.3. The van der Waals surface area contributed by atoms with E-state index in [0.717, 1.165) is 0 Å². The smallest absolute Gasteiger partial charge is 0.314 e. The fourth-order valence-electron chi connectivity index (χ4n) is 2.25. The highest BCUT2D eigenvalue weighted by Crippen LogP contribution is 2.36. The second-order valence-electron chi connectivity index (χ2n) is 3.82. The van der Waals surface area contributed by atoms with E-state index >= 15 is 0 Å². The zero-order valence-electron chi connectivity index (χ0n) is 7.79. The third kappa shape index (κ3) is 1.64. The van der Waals surface area contributed by atoms with Gasteiger partial charge in [0.1, 0.15) is 0 Å². The molecule has 0 radical (unpaired) electrons. The summed E-state index contributed by atoms with van der Waals surface area (Å²) < 4.78 is 60.2. The Bertz CT molecular complexity index is 338. The number of hydrogen-bond donors (Lipinski definition) is 1. The van der Waals surface area contributed by atoms with Gasteiger partial charge >= 0.3 is 15.5 Å². The molecule has 2 rings (SSSR count). The van der Waals surface area contributed by atoms with Crippen LogP contribution in [0.3, 0.4) is 0 Å². The van der Waals surface area contributed by atoms with Crippen LogP contribution in [0.5, 0.6) is 0 Å². The number of nitrogens with zero attached hydrogens (tertiary/aromatic N) is 1. The summed E-state index contributed by atoms with van der Waals surface area (Å²) in [5.74, 6) is 0. The molecule has 1 N–H and O–H groups in total. The van der Waals surface area contributed by atoms with Gasteiger partial charge in [-0.1, -0.05) is 0 Å². The molecule has 0 aromatic rings. The van der Waals surface area contributed by atoms with Crippen LogP contribution in [0.1, 0.15) is 12.8 Å². The molecule has 2 saturated heterocycles. The van der Waals surface area contributed by atoms with Gasteiger partial charge in [0.05, 0.1) is 0 Å². The van der Waals surface area contributed by atoms with E-state index in [-0.39, 0.29) is 0 Å². The van der Waals surface area contributed by atoms with E-state index in [0.29, 0.717) is 30.2 Å². The molecule has 0 amide bonds. The van der Waals surface area contributed by atoms with Crippen LogP contribution < -0.4 is 5.32 Å². The second kappa shape index (κ2) is 3.33. The molecule has 0 saturated carbocycles. The highest BCUT2D eigenvalue weighted by molar-refractivity contribution is 7.90. The SMILES string of the molecule is O=S(=O)(N1C2CCC1CNC2)C(F)(F)F. The number of halogens is 3. The summed E-state index contributed by atoms with van der Waals surface area (Å²) in [7, 11) is -5.14. The van der Waals surface area contributed by atoms with Gasteiger partial charge in [0.2, 0.25) is 0 Å². The lowest BCUT2D eigenvalue weighted by Gasteiger charge is -2.34. The van der Waals surface area contributed by atoms with Crippen molar-refractivity contribution in [1.29, 1.82) is 0 Å². The van der Waals surface area contributed by atoms with Crippen molar-refractivity contribution in [2.24, 2.45) is 0 Å². The van der Waals surface area contributed by atoms with Gasteiger partial charge in [-0.3, -0.25) is 0 Å². The fourth-order valence-corrected chi connectivity index (χ4v) is 3.63. The summed E-state index contributed by atoms with van der Waals surface area (Å²) in [4.78, 5) is 0. The predicted molar refractivity (Wildman–Crippen MR) is 46.5 cm³/mol. The molecule has 0 aliphatic carbocycles. The molecule has 0 spiro atoms. The van der Waals surface area contributed by atoms with Gasteiger partial charge in [-0.15, -0.1) is 0 Å². The lowest BCUT2D eigenvalue weighted by atomic mass is 10.2.